The number of anilines is 1. The van der Waals surface area contributed by atoms with E-state index in [1.165, 1.54) is 32.4 Å². The third-order valence-corrected chi connectivity index (χ3v) is 4.26. The molecule has 0 saturated carbocycles. The van der Waals surface area contributed by atoms with Gasteiger partial charge in [-0.15, -0.1) is 12.4 Å². The van der Waals surface area contributed by atoms with E-state index in [2.05, 4.69) is 14.8 Å². The summed E-state index contributed by atoms with van der Waals surface area (Å²) in [5.74, 6) is -1.49. The van der Waals surface area contributed by atoms with Crippen LogP contribution in [0.5, 0.6) is 0 Å². The fourth-order valence-electron chi connectivity index (χ4n) is 2.39. The van der Waals surface area contributed by atoms with Gasteiger partial charge in [-0.05, 0) is 31.0 Å². The minimum absolute atomic E-state index is 0. The molecule has 0 fully saturated rings. The molecule has 0 aliphatic rings. The van der Waals surface area contributed by atoms with Crippen LogP contribution in [-0.2, 0) is 14.3 Å². The summed E-state index contributed by atoms with van der Waals surface area (Å²) in [6.45, 7) is 3.98. The number of hydrogen-bond donors (Lipinski definition) is 2. The summed E-state index contributed by atoms with van der Waals surface area (Å²) in [7, 11) is 2.47. The molecule has 0 heterocycles. The Morgan fingerprint density at radius 2 is 1.44 bits per heavy atom. The van der Waals surface area contributed by atoms with Crippen LogP contribution in [0.15, 0.2) is 18.2 Å². The maximum Gasteiger partial charge on any atom is 0.337 e. The van der Waals surface area contributed by atoms with Gasteiger partial charge >= 0.3 is 11.9 Å². The molecule has 25 heavy (non-hydrogen) atoms. The van der Waals surface area contributed by atoms with Gasteiger partial charge in [0.15, 0.2) is 0 Å². The highest BCUT2D eigenvalue weighted by Gasteiger charge is 2.33. The molecule has 8 heteroatoms. The molecule has 140 valence electrons. The molecule has 1 rings (SSSR count). The number of carbonyl (C=O) groups is 3. The van der Waals surface area contributed by atoms with Crippen molar-refractivity contribution in [3.63, 3.8) is 0 Å². The summed E-state index contributed by atoms with van der Waals surface area (Å²) in [4.78, 5) is 36.2. The zero-order chi connectivity index (χ0) is 18.3. The van der Waals surface area contributed by atoms with E-state index in [1.807, 2.05) is 13.8 Å². The van der Waals surface area contributed by atoms with Crippen molar-refractivity contribution in [1.82, 2.24) is 0 Å². The summed E-state index contributed by atoms with van der Waals surface area (Å²) in [5, 5.41) is 2.74. The Morgan fingerprint density at radius 3 is 1.76 bits per heavy atom. The molecule has 0 unspecified atom stereocenters. The molecule has 0 saturated heterocycles. The minimum Gasteiger partial charge on any atom is -0.465 e. The van der Waals surface area contributed by atoms with Crippen molar-refractivity contribution in [1.29, 1.82) is 0 Å². The number of ether oxygens (including phenoxy) is 2. The van der Waals surface area contributed by atoms with Crippen LogP contribution >= 0.6 is 12.4 Å². The van der Waals surface area contributed by atoms with Crippen LogP contribution in [0.3, 0.4) is 0 Å². The van der Waals surface area contributed by atoms with Gasteiger partial charge in [-0.3, -0.25) is 4.79 Å². The van der Waals surface area contributed by atoms with Crippen molar-refractivity contribution in [2.75, 3.05) is 26.1 Å². The number of rotatable bonds is 7. The lowest BCUT2D eigenvalue weighted by molar-refractivity contribution is -0.125. The van der Waals surface area contributed by atoms with Crippen molar-refractivity contribution >= 4 is 35.9 Å². The number of amides is 1. The topological polar surface area (TPSA) is 108 Å². The second-order valence-electron chi connectivity index (χ2n) is 5.43. The first kappa shape index (κ1) is 22.9. The molecule has 0 aliphatic heterocycles. The molecule has 1 aromatic carbocycles. The first-order chi connectivity index (χ1) is 11.4. The monoisotopic (exact) mass is 372 g/mol. The van der Waals surface area contributed by atoms with E-state index in [0.29, 0.717) is 18.5 Å². The van der Waals surface area contributed by atoms with Crippen LogP contribution in [0, 0.1) is 5.41 Å². The van der Waals surface area contributed by atoms with E-state index in [0.717, 1.165) is 0 Å². The summed E-state index contributed by atoms with van der Waals surface area (Å²) >= 11 is 0. The Kier molecular flexibility index (Phi) is 9.16. The van der Waals surface area contributed by atoms with Crippen LogP contribution in [0.25, 0.3) is 0 Å². The number of esters is 2. The molecule has 0 aliphatic carbocycles. The molecule has 7 nitrogen and oxygen atoms in total. The van der Waals surface area contributed by atoms with Gasteiger partial charge < -0.3 is 20.5 Å². The van der Waals surface area contributed by atoms with E-state index >= 15 is 0 Å². The van der Waals surface area contributed by atoms with Gasteiger partial charge in [-0.2, -0.15) is 0 Å². The van der Waals surface area contributed by atoms with Crippen LogP contribution in [-0.4, -0.2) is 38.6 Å². The van der Waals surface area contributed by atoms with Gasteiger partial charge in [0.2, 0.25) is 5.91 Å². The second-order valence-corrected chi connectivity index (χ2v) is 5.43. The molecule has 0 radical (unpaired) electrons. The Morgan fingerprint density at radius 1 is 1.00 bits per heavy atom. The number of halogens is 1. The van der Waals surface area contributed by atoms with Crippen LogP contribution in [0.1, 0.15) is 47.4 Å². The zero-order valence-electron chi connectivity index (χ0n) is 14.9. The second kappa shape index (κ2) is 10.0. The molecule has 1 aromatic rings. The maximum atomic E-state index is 12.6. The third-order valence-electron chi connectivity index (χ3n) is 4.26. The number of nitrogens with one attached hydrogen (secondary N) is 1. The molecule has 3 N–H and O–H groups in total. The van der Waals surface area contributed by atoms with Gasteiger partial charge in [0, 0.05) is 12.2 Å². The highest BCUT2D eigenvalue weighted by molar-refractivity contribution is 6.00. The van der Waals surface area contributed by atoms with Gasteiger partial charge in [0.25, 0.3) is 0 Å². The molecular formula is C17H25ClN2O5. The van der Waals surface area contributed by atoms with Crippen LogP contribution in [0.4, 0.5) is 5.69 Å². The van der Waals surface area contributed by atoms with Crippen molar-refractivity contribution < 1.29 is 23.9 Å². The zero-order valence-corrected chi connectivity index (χ0v) is 15.7. The minimum atomic E-state index is -0.702. The van der Waals surface area contributed by atoms with Crippen LogP contribution < -0.4 is 11.1 Å². The van der Waals surface area contributed by atoms with Gasteiger partial charge in [0.05, 0.1) is 30.8 Å². The molecule has 0 spiro atoms. The lowest BCUT2D eigenvalue weighted by Crippen LogP contribution is -2.41. The SMILES string of the molecule is CCC(CC)(CN)C(=O)Nc1cc(C(=O)OC)cc(C(=O)OC)c1.Cl. The Hall–Kier alpha value is -2.12. The van der Waals surface area contributed by atoms with E-state index in [4.69, 9.17) is 5.73 Å². The number of nitrogens with two attached hydrogens (primary N) is 1. The highest BCUT2D eigenvalue weighted by atomic mass is 35.5. The predicted octanol–water partition coefficient (Wildman–Crippen LogP) is 2.39. The van der Waals surface area contributed by atoms with Crippen molar-refractivity contribution in [2.24, 2.45) is 11.1 Å². The summed E-state index contributed by atoms with van der Waals surface area (Å²) in [6.07, 6.45) is 1.15. The lowest BCUT2D eigenvalue weighted by atomic mass is 9.81. The van der Waals surface area contributed by atoms with E-state index in [9.17, 15) is 14.4 Å². The molecule has 0 aromatic heterocycles. The average Bonchev–Trinajstić information content (AvgIpc) is 2.61. The van der Waals surface area contributed by atoms with E-state index < -0.39 is 17.4 Å². The molecule has 0 atom stereocenters. The Balaban J connectivity index is 0.00000576. The van der Waals surface area contributed by atoms with Gasteiger partial charge in [0.1, 0.15) is 0 Å². The summed E-state index contributed by atoms with van der Waals surface area (Å²) in [5.41, 5.74) is 5.66. The van der Waals surface area contributed by atoms with Crippen LogP contribution in [0.2, 0.25) is 0 Å². The number of methoxy groups -OCH3 is 2. The first-order valence-corrected chi connectivity index (χ1v) is 7.70. The highest BCUT2D eigenvalue weighted by Crippen LogP contribution is 2.27. The Labute approximate surface area is 153 Å². The fourth-order valence-corrected chi connectivity index (χ4v) is 2.39. The number of benzene rings is 1. The third kappa shape index (κ3) is 5.17. The largest absolute Gasteiger partial charge is 0.465 e. The van der Waals surface area contributed by atoms with E-state index in [1.54, 1.807) is 0 Å². The maximum absolute atomic E-state index is 12.6. The smallest absolute Gasteiger partial charge is 0.337 e. The normalized spacial score (nSPS) is 10.4. The summed E-state index contributed by atoms with van der Waals surface area (Å²) < 4.78 is 9.34. The summed E-state index contributed by atoms with van der Waals surface area (Å²) in [6, 6.07) is 4.24. The van der Waals surface area contributed by atoms with Gasteiger partial charge in [-0.1, -0.05) is 13.8 Å². The molecule has 0 bridgehead atoms. The number of carbonyl (C=O) groups excluding carboxylic acids is 3. The van der Waals surface area contributed by atoms with E-state index in [-0.39, 0.29) is 36.0 Å². The van der Waals surface area contributed by atoms with Gasteiger partial charge in [-0.25, -0.2) is 9.59 Å². The standard InChI is InChI=1S/C17H24N2O5.ClH/c1-5-17(6-2,10-18)16(22)19-13-8-11(14(20)23-3)7-12(9-13)15(21)24-4;/h7-9H,5-6,10,18H2,1-4H3,(H,19,22);1H. The average molecular weight is 373 g/mol. The van der Waals surface area contributed by atoms with Crippen molar-refractivity contribution in [2.45, 2.75) is 26.7 Å². The number of hydrogen-bond acceptors (Lipinski definition) is 6. The van der Waals surface area contributed by atoms with Crippen molar-refractivity contribution in [3.8, 4) is 0 Å². The fraction of sp³-hybridized carbons (Fsp3) is 0.471. The lowest BCUT2D eigenvalue weighted by Gasteiger charge is -2.28. The first-order valence-electron chi connectivity index (χ1n) is 7.70. The molecular weight excluding hydrogens is 348 g/mol. The Bertz CT molecular complexity index is 587. The molecule has 1 amide bonds. The van der Waals surface area contributed by atoms with Crippen molar-refractivity contribution in [3.05, 3.63) is 29.3 Å². The predicted molar refractivity (Wildman–Crippen MR) is 97.1 cm³/mol. The quantitative estimate of drug-likeness (QED) is 0.711.